The van der Waals surface area contributed by atoms with E-state index in [1.165, 1.54) is 5.56 Å². The highest BCUT2D eigenvalue weighted by Crippen LogP contribution is 2.09. The van der Waals surface area contributed by atoms with Crippen molar-refractivity contribution < 1.29 is 9.90 Å². The van der Waals surface area contributed by atoms with Gasteiger partial charge in [0.15, 0.2) is 0 Å². The largest absolute Gasteiger partial charge is 0.480 e. The summed E-state index contributed by atoms with van der Waals surface area (Å²) in [7, 11) is 0. The van der Waals surface area contributed by atoms with E-state index in [0.717, 1.165) is 32.7 Å². The number of aromatic nitrogens is 1. The van der Waals surface area contributed by atoms with Crippen LogP contribution < -0.4 is 0 Å². The molecular weight excluding hydrogens is 230 g/mol. The van der Waals surface area contributed by atoms with Crippen LogP contribution in [0.1, 0.15) is 12.5 Å². The van der Waals surface area contributed by atoms with Gasteiger partial charge in [-0.15, -0.1) is 0 Å². The zero-order chi connectivity index (χ0) is 13.0. The van der Waals surface area contributed by atoms with E-state index in [0.29, 0.717) is 0 Å². The van der Waals surface area contributed by atoms with Crippen LogP contribution >= 0.6 is 0 Å². The number of carboxylic acid groups (broad SMARTS) is 1. The van der Waals surface area contributed by atoms with E-state index in [1.54, 1.807) is 13.1 Å². The Morgan fingerprint density at radius 2 is 2.17 bits per heavy atom. The molecule has 1 unspecified atom stereocenters. The minimum absolute atomic E-state index is 0.384. The smallest absolute Gasteiger partial charge is 0.320 e. The van der Waals surface area contributed by atoms with Crippen molar-refractivity contribution in [3.05, 3.63) is 30.1 Å². The first-order valence-electron chi connectivity index (χ1n) is 6.25. The van der Waals surface area contributed by atoms with Crippen molar-refractivity contribution in [1.29, 1.82) is 0 Å². The first kappa shape index (κ1) is 13.0. The highest BCUT2D eigenvalue weighted by molar-refractivity contribution is 5.72. The summed E-state index contributed by atoms with van der Waals surface area (Å²) >= 11 is 0. The van der Waals surface area contributed by atoms with Gasteiger partial charge in [0.25, 0.3) is 0 Å². The van der Waals surface area contributed by atoms with Crippen molar-refractivity contribution in [2.24, 2.45) is 0 Å². The second-order valence-electron chi connectivity index (χ2n) is 4.69. The Morgan fingerprint density at radius 1 is 1.44 bits per heavy atom. The zero-order valence-corrected chi connectivity index (χ0v) is 10.6. The molecule has 5 heteroatoms. The number of piperazine rings is 1. The van der Waals surface area contributed by atoms with Gasteiger partial charge >= 0.3 is 5.97 Å². The molecule has 1 saturated heterocycles. The molecule has 0 amide bonds. The normalized spacial score (nSPS) is 19.6. The van der Waals surface area contributed by atoms with Gasteiger partial charge in [-0.3, -0.25) is 19.6 Å². The maximum absolute atomic E-state index is 10.9. The van der Waals surface area contributed by atoms with Gasteiger partial charge in [0.05, 0.1) is 0 Å². The predicted octanol–water partition coefficient (Wildman–Crippen LogP) is 0.672. The quantitative estimate of drug-likeness (QED) is 0.850. The maximum Gasteiger partial charge on any atom is 0.320 e. The van der Waals surface area contributed by atoms with Gasteiger partial charge in [-0.1, -0.05) is 6.07 Å². The molecule has 0 radical (unpaired) electrons. The highest BCUT2D eigenvalue weighted by atomic mass is 16.4. The topological polar surface area (TPSA) is 56.7 Å². The third kappa shape index (κ3) is 3.27. The number of pyridine rings is 1. The van der Waals surface area contributed by atoms with Crippen molar-refractivity contribution in [2.45, 2.75) is 19.5 Å². The monoisotopic (exact) mass is 249 g/mol. The highest BCUT2D eigenvalue weighted by Gasteiger charge is 2.24. The average molecular weight is 249 g/mol. The summed E-state index contributed by atoms with van der Waals surface area (Å²) in [4.78, 5) is 19.4. The van der Waals surface area contributed by atoms with E-state index in [1.807, 2.05) is 17.2 Å². The molecule has 0 aromatic carbocycles. The van der Waals surface area contributed by atoms with E-state index in [2.05, 4.69) is 16.0 Å². The van der Waals surface area contributed by atoms with Crippen molar-refractivity contribution >= 4 is 5.97 Å². The van der Waals surface area contributed by atoms with E-state index >= 15 is 0 Å². The lowest BCUT2D eigenvalue weighted by Crippen LogP contribution is -2.51. The molecule has 1 aromatic rings. The number of carbonyl (C=O) groups is 1. The van der Waals surface area contributed by atoms with Crippen LogP contribution in [0, 0.1) is 0 Å². The molecule has 2 rings (SSSR count). The van der Waals surface area contributed by atoms with Gasteiger partial charge in [0.1, 0.15) is 6.04 Å². The molecule has 1 aliphatic rings. The molecule has 0 bridgehead atoms. The summed E-state index contributed by atoms with van der Waals surface area (Å²) in [5.74, 6) is -0.740. The van der Waals surface area contributed by atoms with Crippen LogP contribution in [0.15, 0.2) is 24.5 Å². The lowest BCUT2D eigenvalue weighted by molar-refractivity contribution is -0.143. The fourth-order valence-electron chi connectivity index (χ4n) is 2.21. The van der Waals surface area contributed by atoms with Crippen molar-refractivity contribution in [3.63, 3.8) is 0 Å². The van der Waals surface area contributed by atoms with Crippen molar-refractivity contribution in [2.75, 3.05) is 26.2 Å². The molecule has 0 saturated carbocycles. The number of carboxylic acids is 1. The van der Waals surface area contributed by atoms with Crippen LogP contribution in [0.2, 0.25) is 0 Å². The molecule has 1 N–H and O–H groups in total. The van der Waals surface area contributed by atoms with Crippen LogP contribution in [-0.4, -0.2) is 58.1 Å². The summed E-state index contributed by atoms with van der Waals surface area (Å²) < 4.78 is 0. The second-order valence-corrected chi connectivity index (χ2v) is 4.69. The number of rotatable bonds is 4. The SMILES string of the molecule is CC(C(=O)O)N1CCN(Cc2cccnc2)CC1. The molecule has 5 nitrogen and oxygen atoms in total. The number of hydrogen-bond donors (Lipinski definition) is 1. The van der Waals surface area contributed by atoms with Crippen molar-refractivity contribution in [3.8, 4) is 0 Å². The molecule has 2 heterocycles. The molecule has 0 aliphatic carbocycles. The molecule has 98 valence electrons. The fraction of sp³-hybridized carbons (Fsp3) is 0.538. The van der Waals surface area contributed by atoms with Gasteiger partial charge in [0, 0.05) is 45.1 Å². The Balaban J connectivity index is 1.82. The van der Waals surface area contributed by atoms with Gasteiger partial charge in [-0.2, -0.15) is 0 Å². The Hall–Kier alpha value is -1.46. The number of aliphatic carboxylic acids is 1. The standard InChI is InChI=1S/C13H19N3O2/c1-11(13(17)18)16-7-5-15(6-8-16)10-12-3-2-4-14-9-12/h2-4,9,11H,5-8,10H2,1H3,(H,17,18). The van der Waals surface area contributed by atoms with Crippen LogP contribution in [-0.2, 0) is 11.3 Å². The average Bonchev–Trinajstić information content (AvgIpc) is 2.40. The molecule has 1 atom stereocenters. The second kappa shape index (κ2) is 5.93. The molecule has 18 heavy (non-hydrogen) atoms. The summed E-state index contributed by atoms with van der Waals surface area (Å²) in [6, 6.07) is 3.63. The van der Waals surface area contributed by atoms with Crippen molar-refractivity contribution in [1.82, 2.24) is 14.8 Å². The lowest BCUT2D eigenvalue weighted by Gasteiger charge is -2.36. The third-order valence-electron chi connectivity index (χ3n) is 3.44. The first-order chi connectivity index (χ1) is 8.66. The number of hydrogen-bond acceptors (Lipinski definition) is 4. The fourth-order valence-corrected chi connectivity index (χ4v) is 2.21. The molecule has 1 fully saturated rings. The Bertz CT molecular complexity index is 388. The van der Waals surface area contributed by atoms with E-state index in [-0.39, 0.29) is 6.04 Å². The number of nitrogens with zero attached hydrogens (tertiary/aromatic N) is 3. The Kier molecular flexibility index (Phi) is 4.28. The van der Waals surface area contributed by atoms with Crippen LogP contribution in [0.5, 0.6) is 0 Å². The Labute approximate surface area is 107 Å². The lowest BCUT2D eigenvalue weighted by atomic mass is 10.2. The minimum Gasteiger partial charge on any atom is -0.480 e. The van der Waals surface area contributed by atoms with Gasteiger partial charge in [0.2, 0.25) is 0 Å². The first-order valence-corrected chi connectivity index (χ1v) is 6.25. The van der Waals surface area contributed by atoms with Gasteiger partial charge in [-0.05, 0) is 18.6 Å². The summed E-state index contributed by atoms with van der Waals surface area (Å²) in [5, 5.41) is 8.97. The van der Waals surface area contributed by atoms with Crippen LogP contribution in [0.4, 0.5) is 0 Å². The predicted molar refractivity (Wildman–Crippen MR) is 68.2 cm³/mol. The van der Waals surface area contributed by atoms with Gasteiger partial charge < -0.3 is 5.11 Å². The van der Waals surface area contributed by atoms with Crippen LogP contribution in [0.25, 0.3) is 0 Å². The summed E-state index contributed by atoms with van der Waals surface area (Å²) in [6.45, 7) is 6.09. The molecule has 0 spiro atoms. The molecule has 1 aromatic heterocycles. The van der Waals surface area contributed by atoms with E-state index in [4.69, 9.17) is 5.11 Å². The van der Waals surface area contributed by atoms with E-state index < -0.39 is 5.97 Å². The third-order valence-corrected chi connectivity index (χ3v) is 3.44. The summed E-state index contributed by atoms with van der Waals surface area (Å²) in [6.07, 6.45) is 3.65. The Morgan fingerprint density at radius 3 is 2.72 bits per heavy atom. The zero-order valence-electron chi connectivity index (χ0n) is 10.6. The summed E-state index contributed by atoms with van der Waals surface area (Å²) in [5.41, 5.74) is 1.21. The molecular formula is C13H19N3O2. The van der Waals surface area contributed by atoms with Gasteiger partial charge in [-0.25, -0.2) is 0 Å². The molecule has 1 aliphatic heterocycles. The maximum atomic E-state index is 10.9. The van der Waals surface area contributed by atoms with E-state index in [9.17, 15) is 4.79 Å². The van der Waals surface area contributed by atoms with Crippen LogP contribution in [0.3, 0.4) is 0 Å². The minimum atomic E-state index is -0.740.